The fourth-order valence-corrected chi connectivity index (χ4v) is 2.53. The molecule has 0 aliphatic carbocycles. The normalized spacial score (nSPS) is 11.1. The minimum Gasteiger partial charge on any atom is -0.504 e. The molecule has 5 nitrogen and oxygen atoms in total. The third-order valence-corrected chi connectivity index (χ3v) is 3.74. The Labute approximate surface area is 131 Å². The third kappa shape index (κ3) is 2.91. The van der Waals surface area contributed by atoms with Gasteiger partial charge in [0, 0.05) is 22.7 Å². The molecule has 0 fully saturated rings. The van der Waals surface area contributed by atoms with Crippen LogP contribution in [0.4, 0.5) is 10.8 Å². The van der Waals surface area contributed by atoms with Crippen molar-refractivity contribution < 1.29 is 10.2 Å². The summed E-state index contributed by atoms with van der Waals surface area (Å²) < 4.78 is 0. The van der Waals surface area contributed by atoms with Gasteiger partial charge >= 0.3 is 0 Å². The Morgan fingerprint density at radius 2 is 1.95 bits per heavy atom. The number of aromatic hydroxyl groups is 2. The summed E-state index contributed by atoms with van der Waals surface area (Å²) >= 11 is 1.39. The lowest BCUT2D eigenvalue weighted by Crippen LogP contribution is -1.84. The van der Waals surface area contributed by atoms with Crippen molar-refractivity contribution >= 4 is 28.4 Å². The second-order valence-corrected chi connectivity index (χ2v) is 5.48. The molecule has 110 valence electrons. The number of nitrogen functional groups attached to an aromatic ring is 1. The van der Waals surface area contributed by atoms with Crippen LogP contribution in [-0.4, -0.2) is 21.4 Å². The molecule has 0 amide bonds. The van der Waals surface area contributed by atoms with Crippen molar-refractivity contribution in [2.75, 3.05) is 5.73 Å². The fraction of sp³-hybridized carbons (Fsp3) is 0. The molecule has 0 unspecified atom stereocenters. The minimum atomic E-state index is -0.185. The van der Waals surface area contributed by atoms with E-state index in [1.807, 2.05) is 29.6 Å². The first-order chi connectivity index (χ1) is 10.6. The molecule has 6 heteroatoms. The Balaban J connectivity index is 1.90. The molecule has 22 heavy (non-hydrogen) atoms. The zero-order chi connectivity index (χ0) is 15.5. The van der Waals surface area contributed by atoms with Crippen LogP contribution in [0, 0.1) is 0 Å². The second-order valence-electron chi connectivity index (χ2n) is 4.59. The number of para-hydroxylation sites is 1. The average Bonchev–Trinajstić information content (AvgIpc) is 2.96. The molecule has 0 saturated carbocycles. The van der Waals surface area contributed by atoms with E-state index in [0.29, 0.717) is 16.4 Å². The van der Waals surface area contributed by atoms with Gasteiger partial charge in [-0.2, -0.15) is 0 Å². The SMILES string of the molecule is Nc1nc(-c2cccc(N=Cc3cccc(O)c3O)c2)cs1. The largest absolute Gasteiger partial charge is 0.504 e. The van der Waals surface area contributed by atoms with Crippen molar-refractivity contribution in [2.24, 2.45) is 4.99 Å². The van der Waals surface area contributed by atoms with Crippen molar-refractivity contribution in [1.29, 1.82) is 0 Å². The van der Waals surface area contributed by atoms with E-state index >= 15 is 0 Å². The number of rotatable bonds is 3. The maximum Gasteiger partial charge on any atom is 0.180 e. The third-order valence-electron chi connectivity index (χ3n) is 3.06. The van der Waals surface area contributed by atoms with Crippen molar-refractivity contribution in [3.63, 3.8) is 0 Å². The Morgan fingerprint density at radius 1 is 1.14 bits per heavy atom. The molecule has 0 atom stereocenters. The van der Waals surface area contributed by atoms with Crippen LogP contribution in [0.1, 0.15) is 5.56 Å². The molecular weight excluding hydrogens is 298 g/mol. The fourth-order valence-electron chi connectivity index (χ4n) is 1.96. The van der Waals surface area contributed by atoms with Crippen LogP contribution in [0.2, 0.25) is 0 Å². The van der Waals surface area contributed by atoms with Gasteiger partial charge in [0.2, 0.25) is 0 Å². The zero-order valence-electron chi connectivity index (χ0n) is 11.5. The van der Waals surface area contributed by atoms with Gasteiger partial charge in [-0.3, -0.25) is 4.99 Å². The molecule has 0 spiro atoms. The highest BCUT2D eigenvalue weighted by atomic mass is 32.1. The van der Waals surface area contributed by atoms with Crippen LogP contribution in [0.5, 0.6) is 11.5 Å². The number of aromatic nitrogens is 1. The maximum atomic E-state index is 9.75. The molecule has 0 bridgehead atoms. The number of nitrogens with zero attached hydrogens (tertiary/aromatic N) is 2. The summed E-state index contributed by atoms with van der Waals surface area (Å²) in [6.07, 6.45) is 1.50. The standard InChI is InChI=1S/C16H13N3O2S/c17-16-19-13(9-22-16)10-3-1-5-12(7-10)18-8-11-4-2-6-14(20)15(11)21/h1-9,20-21H,(H2,17,19). The second kappa shape index (κ2) is 5.87. The maximum absolute atomic E-state index is 9.75. The van der Waals surface area contributed by atoms with Crippen LogP contribution >= 0.6 is 11.3 Å². The molecule has 1 aromatic heterocycles. The number of anilines is 1. The first-order valence-corrected chi connectivity index (χ1v) is 7.38. The van der Waals surface area contributed by atoms with Gasteiger partial charge in [-0.25, -0.2) is 4.98 Å². The van der Waals surface area contributed by atoms with Gasteiger partial charge in [-0.1, -0.05) is 18.2 Å². The van der Waals surface area contributed by atoms with Crippen molar-refractivity contribution in [3.05, 3.63) is 53.4 Å². The van der Waals surface area contributed by atoms with Gasteiger partial charge in [0.15, 0.2) is 16.6 Å². The van der Waals surface area contributed by atoms with E-state index in [1.54, 1.807) is 12.1 Å². The molecule has 0 aliphatic rings. The zero-order valence-corrected chi connectivity index (χ0v) is 12.3. The predicted octanol–water partition coefficient (Wildman–Crippen LogP) is 3.55. The molecular formula is C16H13N3O2S. The number of thiazole rings is 1. The van der Waals surface area contributed by atoms with Crippen LogP contribution < -0.4 is 5.73 Å². The number of hydrogen-bond acceptors (Lipinski definition) is 6. The first-order valence-electron chi connectivity index (χ1n) is 6.50. The van der Waals surface area contributed by atoms with Crippen molar-refractivity contribution in [1.82, 2.24) is 4.98 Å². The quantitative estimate of drug-likeness (QED) is 0.509. The number of phenolic OH excluding ortho intramolecular Hbond substituents is 2. The summed E-state index contributed by atoms with van der Waals surface area (Å²) in [5.74, 6) is -0.356. The van der Waals surface area contributed by atoms with E-state index in [0.717, 1.165) is 11.3 Å². The Hall–Kier alpha value is -2.86. The molecule has 0 aliphatic heterocycles. The van der Waals surface area contributed by atoms with Gasteiger partial charge < -0.3 is 15.9 Å². The number of benzene rings is 2. The molecule has 2 aromatic carbocycles. The van der Waals surface area contributed by atoms with Gasteiger partial charge in [0.05, 0.1) is 11.4 Å². The Kier molecular flexibility index (Phi) is 3.76. The highest BCUT2D eigenvalue weighted by Crippen LogP contribution is 2.29. The van der Waals surface area contributed by atoms with E-state index in [2.05, 4.69) is 9.98 Å². The Morgan fingerprint density at radius 3 is 2.73 bits per heavy atom. The van der Waals surface area contributed by atoms with E-state index in [4.69, 9.17) is 5.73 Å². The van der Waals surface area contributed by atoms with Crippen LogP contribution in [-0.2, 0) is 0 Å². The molecule has 4 N–H and O–H groups in total. The summed E-state index contributed by atoms with van der Waals surface area (Å²) in [7, 11) is 0. The van der Waals surface area contributed by atoms with Crippen LogP contribution in [0.15, 0.2) is 52.8 Å². The number of aliphatic imine (C=N–C) groups is 1. The molecule has 3 rings (SSSR count). The summed E-state index contributed by atoms with van der Waals surface area (Å²) in [5.41, 5.74) is 8.53. The number of hydrogen-bond donors (Lipinski definition) is 3. The van der Waals surface area contributed by atoms with Gasteiger partial charge in [-0.05, 0) is 24.3 Å². The predicted molar refractivity (Wildman–Crippen MR) is 89.0 cm³/mol. The van der Waals surface area contributed by atoms with Crippen molar-refractivity contribution in [3.8, 4) is 22.8 Å². The highest BCUT2D eigenvalue weighted by molar-refractivity contribution is 7.13. The number of nitrogens with two attached hydrogens (primary N) is 1. The van der Waals surface area contributed by atoms with Gasteiger partial charge in [0.25, 0.3) is 0 Å². The lowest BCUT2D eigenvalue weighted by Gasteiger charge is -2.01. The van der Waals surface area contributed by atoms with Crippen molar-refractivity contribution in [2.45, 2.75) is 0 Å². The molecule has 0 radical (unpaired) electrons. The van der Waals surface area contributed by atoms with E-state index < -0.39 is 0 Å². The van der Waals surface area contributed by atoms with Gasteiger partial charge in [-0.15, -0.1) is 11.3 Å². The highest BCUT2D eigenvalue weighted by Gasteiger charge is 2.04. The summed E-state index contributed by atoms with van der Waals surface area (Å²) in [6.45, 7) is 0. The molecule has 0 saturated heterocycles. The molecule has 1 heterocycles. The summed E-state index contributed by atoms with van der Waals surface area (Å²) in [6, 6.07) is 12.3. The van der Waals surface area contributed by atoms with Gasteiger partial charge in [0.1, 0.15) is 0 Å². The van der Waals surface area contributed by atoms with E-state index in [-0.39, 0.29) is 11.5 Å². The monoisotopic (exact) mass is 311 g/mol. The summed E-state index contributed by atoms with van der Waals surface area (Å²) in [5, 5.41) is 21.6. The lowest BCUT2D eigenvalue weighted by molar-refractivity contribution is 0.403. The smallest absolute Gasteiger partial charge is 0.180 e. The average molecular weight is 311 g/mol. The lowest BCUT2D eigenvalue weighted by atomic mass is 10.1. The number of phenols is 2. The minimum absolute atomic E-state index is 0.171. The summed E-state index contributed by atoms with van der Waals surface area (Å²) in [4.78, 5) is 8.56. The first kappa shape index (κ1) is 14.1. The van der Waals surface area contributed by atoms with Crippen LogP contribution in [0.25, 0.3) is 11.3 Å². The Bertz CT molecular complexity index is 843. The topological polar surface area (TPSA) is 91.7 Å². The van der Waals surface area contributed by atoms with Crippen LogP contribution in [0.3, 0.4) is 0 Å². The molecule has 3 aromatic rings. The van der Waals surface area contributed by atoms with E-state index in [9.17, 15) is 10.2 Å². The van der Waals surface area contributed by atoms with E-state index in [1.165, 1.54) is 23.6 Å².